The lowest BCUT2D eigenvalue weighted by Crippen LogP contribution is -2.17. The molecule has 0 spiro atoms. The molecule has 1 amide bonds. The molecule has 21 heavy (non-hydrogen) atoms. The van der Waals surface area contributed by atoms with Crippen LogP contribution in [0.15, 0.2) is 36.5 Å². The summed E-state index contributed by atoms with van der Waals surface area (Å²) >= 11 is 11.4. The van der Waals surface area contributed by atoms with Gasteiger partial charge in [0, 0.05) is 11.8 Å². The number of anilines is 1. The van der Waals surface area contributed by atoms with Crippen molar-refractivity contribution in [2.24, 2.45) is 0 Å². The molecule has 0 fully saturated rings. The number of halogens is 5. The number of hydrogen-bond acceptors (Lipinski definition) is 2. The van der Waals surface area contributed by atoms with Crippen LogP contribution in [0.25, 0.3) is 0 Å². The first-order valence-electron chi connectivity index (χ1n) is 5.57. The fourth-order valence-corrected chi connectivity index (χ4v) is 2.01. The number of para-hydroxylation sites is 1. The van der Waals surface area contributed by atoms with E-state index >= 15 is 0 Å². The van der Waals surface area contributed by atoms with Crippen molar-refractivity contribution in [2.75, 3.05) is 5.32 Å². The predicted octanol–water partition coefficient (Wildman–Crippen LogP) is 4.66. The van der Waals surface area contributed by atoms with Gasteiger partial charge in [-0.3, -0.25) is 4.79 Å². The molecule has 0 aliphatic heterocycles. The van der Waals surface area contributed by atoms with E-state index in [4.69, 9.17) is 23.2 Å². The Morgan fingerprint density at radius 1 is 1.19 bits per heavy atom. The molecule has 0 saturated heterocycles. The van der Waals surface area contributed by atoms with Crippen LogP contribution < -0.4 is 5.32 Å². The van der Waals surface area contributed by atoms with Crippen LogP contribution in [0, 0.1) is 0 Å². The van der Waals surface area contributed by atoms with Crippen LogP contribution in [0.4, 0.5) is 18.9 Å². The number of nitrogens with zero attached hydrogens (tertiary/aromatic N) is 1. The van der Waals surface area contributed by atoms with Crippen molar-refractivity contribution in [3.05, 3.63) is 57.8 Å². The topological polar surface area (TPSA) is 42.0 Å². The molecule has 0 aliphatic carbocycles. The van der Waals surface area contributed by atoms with Gasteiger partial charge in [-0.25, -0.2) is 4.98 Å². The largest absolute Gasteiger partial charge is 0.418 e. The maximum absolute atomic E-state index is 12.9. The van der Waals surface area contributed by atoms with Crippen molar-refractivity contribution >= 4 is 34.8 Å². The van der Waals surface area contributed by atoms with Gasteiger partial charge < -0.3 is 5.32 Å². The quantitative estimate of drug-likeness (QED) is 0.811. The number of carbonyl (C=O) groups excluding carboxylic acids is 1. The number of amides is 1. The summed E-state index contributed by atoms with van der Waals surface area (Å²) in [7, 11) is 0. The minimum absolute atomic E-state index is 0.0536. The molecular formula is C13H7Cl2F3N2O. The lowest BCUT2D eigenvalue weighted by molar-refractivity contribution is -0.136. The number of hydrogen-bond donors (Lipinski definition) is 1. The first-order valence-corrected chi connectivity index (χ1v) is 6.33. The number of nitrogens with one attached hydrogen (secondary N) is 1. The van der Waals surface area contributed by atoms with E-state index in [-0.39, 0.29) is 15.7 Å². The Bertz CT molecular complexity index is 689. The summed E-state index contributed by atoms with van der Waals surface area (Å²) in [6, 6.07) is 5.81. The Hall–Kier alpha value is -1.79. The van der Waals surface area contributed by atoms with Crippen LogP contribution in [0.3, 0.4) is 0 Å². The zero-order valence-electron chi connectivity index (χ0n) is 10.2. The van der Waals surface area contributed by atoms with Crippen LogP contribution >= 0.6 is 23.2 Å². The maximum atomic E-state index is 12.9. The van der Waals surface area contributed by atoms with E-state index in [1.165, 1.54) is 24.4 Å². The molecular weight excluding hydrogens is 328 g/mol. The molecule has 8 heteroatoms. The summed E-state index contributed by atoms with van der Waals surface area (Å²) in [6.45, 7) is 0. The lowest BCUT2D eigenvalue weighted by Gasteiger charge is -2.15. The highest BCUT2D eigenvalue weighted by Gasteiger charge is 2.34. The third-order valence-corrected chi connectivity index (χ3v) is 3.07. The first kappa shape index (κ1) is 15.6. The van der Waals surface area contributed by atoms with E-state index < -0.39 is 23.3 Å². The fourth-order valence-electron chi connectivity index (χ4n) is 1.62. The molecule has 1 aromatic heterocycles. The van der Waals surface area contributed by atoms with E-state index in [0.717, 1.165) is 12.1 Å². The summed E-state index contributed by atoms with van der Waals surface area (Å²) in [6.07, 6.45) is -3.36. The fraction of sp³-hybridized carbons (Fsp3) is 0.0769. The third kappa shape index (κ3) is 3.65. The van der Waals surface area contributed by atoms with E-state index in [2.05, 4.69) is 10.3 Å². The van der Waals surface area contributed by atoms with Gasteiger partial charge in [0.2, 0.25) is 0 Å². The Labute approximate surface area is 127 Å². The molecule has 0 aliphatic rings. The van der Waals surface area contributed by atoms with E-state index in [1.54, 1.807) is 0 Å². The first-order chi connectivity index (χ1) is 9.79. The van der Waals surface area contributed by atoms with Gasteiger partial charge in [-0.15, -0.1) is 0 Å². The Morgan fingerprint density at radius 2 is 1.90 bits per heavy atom. The highest BCUT2D eigenvalue weighted by atomic mass is 35.5. The van der Waals surface area contributed by atoms with Crippen LogP contribution in [0.1, 0.15) is 15.9 Å². The van der Waals surface area contributed by atoms with Crippen molar-refractivity contribution in [2.45, 2.75) is 6.18 Å². The van der Waals surface area contributed by atoms with Gasteiger partial charge in [0.1, 0.15) is 5.15 Å². The van der Waals surface area contributed by atoms with Crippen LogP contribution in [-0.2, 0) is 6.18 Å². The van der Waals surface area contributed by atoms with Crippen molar-refractivity contribution < 1.29 is 18.0 Å². The van der Waals surface area contributed by atoms with Crippen molar-refractivity contribution in [1.82, 2.24) is 4.98 Å². The molecule has 1 heterocycles. The van der Waals surface area contributed by atoms with Gasteiger partial charge in [0.25, 0.3) is 5.91 Å². The van der Waals surface area contributed by atoms with Crippen LogP contribution in [0.2, 0.25) is 10.2 Å². The van der Waals surface area contributed by atoms with Gasteiger partial charge in [0.05, 0.1) is 16.3 Å². The normalized spacial score (nSPS) is 11.3. The van der Waals surface area contributed by atoms with Crippen LogP contribution in [-0.4, -0.2) is 10.9 Å². The molecule has 1 N–H and O–H groups in total. The summed E-state index contributed by atoms with van der Waals surface area (Å²) in [5, 5.41) is 2.00. The average molecular weight is 335 g/mol. The Morgan fingerprint density at radius 3 is 2.52 bits per heavy atom. The van der Waals surface area contributed by atoms with E-state index in [0.29, 0.717) is 0 Å². The second kappa shape index (κ2) is 5.91. The second-order valence-corrected chi connectivity index (χ2v) is 4.78. The number of carbonyl (C=O) groups is 1. The summed E-state index contributed by atoms with van der Waals surface area (Å²) in [5.41, 5.74) is -1.45. The van der Waals surface area contributed by atoms with Crippen molar-refractivity contribution in [3.8, 4) is 0 Å². The highest BCUT2D eigenvalue weighted by molar-refractivity contribution is 6.34. The predicted molar refractivity (Wildman–Crippen MR) is 73.7 cm³/mol. The summed E-state index contributed by atoms with van der Waals surface area (Å²) in [5.74, 6) is -0.766. The number of alkyl halides is 3. The lowest BCUT2D eigenvalue weighted by atomic mass is 10.1. The zero-order chi connectivity index (χ0) is 15.6. The molecule has 0 atom stereocenters. The molecule has 1 aromatic carbocycles. The molecule has 3 nitrogen and oxygen atoms in total. The highest BCUT2D eigenvalue weighted by Crippen LogP contribution is 2.38. The standard InChI is InChI=1S/C13H7Cl2F3N2O/c14-9-3-1-2-8(13(16,17)18)11(9)20-12(21)7-4-5-19-10(15)6-7/h1-6H,(H,20,21). The third-order valence-electron chi connectivity index (χ3n) is 2.55. The number of aromatic nitrogens is 1. The van der Waals surface area contributed by atoms with Crippen molar-refractivity contribution in [1.29, 1.82) is 0 Å². The average Bonchev–Trinajstić information content (AvgIpc) is 2.39. The minimum Gasteiger partial charge on any atom is -0.320 e. The maximum Gasteiger partial charge on any atom is 0.418 e. The number of benzene rings is 1. The molecule has 110 valence electrons. The van der Waals surface area contributed by atoms with E-state index in [9.17, 15) is 18.0 Å². The number of pyridine rings is 1. The van der Waals surface area contributed by atoms with Gasteiger partial charge in [-0.05, 0) is 24.3 Å². The molecule has 0 unspecified atom stereocenters. The Balaban J connectivity index is 2.38. The van der Waals surface area contributed by atoms with E-state index in [1.807, 2.05) is 0 Å². The van der Waals surface area contributed by atoms with Gasteiger partial charge in [-0.1, -0.05) is 29.3 Å². The second-order valence-electron chi connectivity index (χ2n) is 3.98. The SMILES string of the molecule is O=C(Nc1c(Cl)cccc1C(F)(F)F)c1ccnc(Cl)c1. The summed E-state index contributed by atoms with van der Waals surface area (Å²) < 4.78 is 38.7. The van der Waals surface area contributed by atoms with Gasteiger partial charge >= 0.3 is 6.18 Å². The zero-order valence-corrected chi connectivity index (χ0v) is 11.7. The molecule has 2 rings (SSSR count). The van der Waals surface area contributed by atoms with Gasteiger partial charge in [-0.2, -0.15) is 13.2 Å². The van der Waals surface area contributed by atoms with Crippen LogP contribution in [0.5, 0.6) is 0 Å². The number of rotatable bonds is 2. The Kier molecular flexibility index (Phi) is 4.39. The summed E-state index contributed by atoms with van der Waals surface area (Å²) in [4.78, 5) is 15.7. The molecule has 0 saturated carbocycles. The van der Waals surface area contributed by atoms with Crippen molar-refractivity contribution in [3.63, 3.8) is 0 Å². The minimum atomic E-state index is -4.64. The molecule has 0 radical (unpaired) electrons. The van der Waals surface area contributed by atoms with Gasteiger partial charge in [0.15, 0.2) is 0 Å². The molecule has 0 bridgehead atoms. The smallest absolute Gasteiger partial charge is 0.320 e. The monoisotopic (exact) mass is 334 g/mol. The molecule has 2 aromatic rings.